The van der Waals surface area contributed by atoms with Gasteiger partial charge in [0.25, 0.3) is 5.91 Å². The average molecular weight is 550 g/mol. The monoisotopic (exact) mass is 549 g/mol. The van der Waals surface area contributed by atoms with Crippen molar-refractivity contribution in [2.24, 2.45) is 0 Å². The molecule has 1 aromatic heterocycles. The first-order valence-electron chi connectivity index (χ1n) is 11.9. The van der Waals surface area contributed by atoms with Gasteiger partial charge >= 0.3 is 12.1 Å². The van der Waals surface area contributed by atoms with Crippen LogP contribution >= 0.6 is 11.3 Å². The number of ether oxygens (including phenoxy) is 1. The average Bonchev–Trinajstić information content (AvgIpc) is 3.35. The van der Waals surface area contributed by atoms with Crippen molar-refractivity contribution in [3.05, 3.63) is 70.4 Å². The van der Waals surface area contributed by atoms with E-state index in [1.165, 1.54) is 23.3 Å². The number of likely N-dealkylation sites (N-methyl/N-ethyl adjacent to an activating group) is 1. The van der Waals surface area contributed by atoms with E-state index in [1.807, 2.05) is 29.6 Å². The van der Waals surface area contributed by atoms with Gasteiger partial charge in [-0.2, -0.15) is 13.2 Å². The van der Waals surface area contributed by atoms with Crippen LogP contribution < -0.4 is 10.1 Å². The molecule has 0 saturated carbocycles. The van der Waals surface area contributed by atoms with Crippen LogP contribution in [0.15, 0.2) is 60.0 Å². The lowest BCUT2D eigenvalue weighted by Gasteiger charge is -2.22. The van der Waals surface area contributed by atoms with Gasteiger partial charge in [0.15, 0.2) is 0 Å². The molecule has 0 atom stereocenters. The third-order valence-corrected chi connectivity index (χ3v) is 6.82. The summed E-state index contributed by atoms with van der Waals surface area (Å²) in [6.45, 7) is 5.32. The number of rotatable bonds is 6. The van der Waals surface area contributed by atoms with E-state index in [0.717, 1.165) is 55.3 Å². The minimum Gasteiger partial charge on any atom is -0.496 e. The van der Waals surface area contributed by atoms with Gasteiger partial charge in [0.05, 0.1) is 12.0 Å². The number of carbonyl (C=O) groups is 2. The summed E-state index contributed by atoms with van der Waals surface area (Å²) in [4.78, 5) is 26.8. The van der Waals surface area contributed by atoms with Crippen molar-refractivity contribution in [2.75, 3.05) is 45.7 Å². The summed E-state index contributed by atoms with van der Waals surface area (Å²) in [6, 6.07) is 18.1. The molecule has 38 heavy (non-hydrogen) atoms. The first-order valence-corrected chi connectivity index (χ1v) is 12.8. The number of halogens is 3. The summed E-state index contributed by atoms with van der Waals surface area (Å²) in [6.07, 6.45) is -3.89. The van der Waals surface area contributed by atoms with Crippen LogP contribution in [-0.2, 0) is 11.3 Å². The van der Waals surface area contributed by atoms with E-state index in [2.05, 4.69) is 52.5 Å². The summed E-state index contributed by atoms with van der Waals surface area (Å²) in [5.74, 6) is -1.90. The Morgan fingerprint density at radius 2 is 1.71 bits per heavy atom. The number of anilines is 1. The molecule has 11 heteroatoms. The molecule has 1 fully saturated rings. The van der Waals surface area contributed by atoms with Crippen LogP contribution in [0.25, 0.3) is 11.1 Å². The molecule has 1 aliphatic heterocycles. The molecule has 1 saturated heterocycles. The number of hydrogen-bond donors (Lipinski definition) is 2. The SMILES string of the molecule is COc1ccc(-c2ccc(NC(=O)c3cccs3)cc2)cc1CN1CCCN(C)CC1.O=C(O)C(F)(F)F. The molecule has 204 valence electrons. The number of carboxylic acid groups (broad SMARTS) is 1. The molecule has 0 spiro atoms. The minimum atomic E-state index is -5.08. The highest BCUT2D eigenvalue weighted by atomic mass is 32.1. The number of nitrogens with zero attached hydrogens (tertiary/aromatic N) is 2. The molecule has 1 amide bonds. The molecule has 2 heterocycles. The van der Waals surface area contributed by atoms with E-state index in [1.54, 1.807) is 7.11 Å². The highest BCUT2D eigenvalue weighted by Crippen LogP contribution is 2.29. The van der Waals surface area contributed by atoms with Gasteiger partial charge in [0.1, 0.15) is 5.75 Å². The molecule has 4 rings (SSSR count). The van der Waals surface area contributed by atoms with Gasteiger partial charge in [0.2, 0.25) is 0 Å². The van der Waals surface area contributed by atoms with Crippen LogP contribution in [0.5, 0.6) is 5.75 Å². The van der Waals surface area contributed by atoms with Gasteiger partial charge in [-0.15, -0.1) is 11.3 Å². The number of nitrogens with one attached hydrogen (secondary N) is 1. The van der Waals surface area contributed by atoms with E-state index >= 15 is 0 Å². The lowest BCUT2D eigenvalue weighted by Crippen LogP contribution is -2.28. The Bertz CT molecular complexity index is 1200. The fourth-order valence-corrected chi connectivity index (χ4v) is 4.55. The quantitative estimate of drug-likeness (QED) is 0.426. The third kappa shape index (κ3) is 8.57. The largest absolute Gasteiger partial charge is 0.496 e. The third-order valence-electron chi connectivity index (χ3n) is 5.95. The number of hydrogen-bond acceptors (Lipinski definition) is 6. The van der Waals surface area contributed by atoms with Crippen molar-refractivity contribution < 1.29 is 32.6 Å². The van der Waals surface area contributed by atoms with Gasteiger partial charge < -0.3 is 20.1 Å². The molecule has 0 unspecified atom stereocenters. The first kappa shape index (κ1) is 29.2. The summed E-state index contributed by atoms with van der Waals surface area (Å²) < 4.78 is 37.4. The number of carbonyl (C=O) groups excluding carboxylic acids is 1. The number of benzene rings is 2. The number of amides is 1. The number of methoxy groups -OCH3 is 1. The van der Waals surface area contributed by atoms with Crippen LogP contribution in [0.1, 0.15) is 21.7 Å². The molecule has 7 nitrogen and oxygen atoms in total. The number of thiophene rings is 1. The summed E-state index contributed by atoms with van der Waals surface area (Å²) in [7, 11) is 3.93. The van der Waals surface area contributed by atoms with Gasteiger partial charge in [-0.25, -0.2) is 4.79 Å². The second-order valence-corrected chi connectivity index (χ2v) is 9.72. The van der Waals surface area contributed by atoms with Crippen LogP contribution in [0, 0.1) is 0 Å². The predicted molar refractivity (Wildman–Crippen MR) is 142 cm³/mol. The zero-order chi connectivity index (χ0) is 27.7. The maximum atomic E-state index is 12.3. The predicted octanol–water partition coefficient (Wildman–Crippen LogP) is 5.45. The molecule has 0 aliphatic carbocycles. The first-order chi connectivity index (χ1) is 18.1. The van der Waals surface area contributed by atoms with Crippen molar-refractivity contribution in [2.45, 2.75) is 19.1 Å². The lowest BCUT2D eigenvalue weighted by atomic mass is 10.0. The fraction of sp³-hybridized carbons (Fsp3) is 0.333. The number of carboxylic acids is 1. The fourth-order valence-electron chi connectivity index (χ4n) is 3.93. The van der Waals surface area contributed by atoms with E-state index in [4.69, 9.17) is 14.6 Å². The maximum absolute atomic E-state index is 12.3. The normalized spacial score (nSPS) is 14.7. The van der Waals surface area contributed by atoms with Gasteiger partial charge in [-0.3, -0.25) is 9.69 Å². The summed E-state index contributed by atoms with van der Waals surface area (Å²) in [5.41, 5.74) is 4.27. The van der Waals surface area contributed by atoms with Crippen LogP contribution in [0.4, 0.5) is 18.9 Å². The molecule has 3 aromatic rings. The van der Waals surface area contributed by atoms with Crippen molar-refractivity contribution in [3.8, 4) is 16.9 Å². The van der Waals surface area contributed by atoms with E-state index in [-0.39, 0.29) is 5.91 Å². The second kappa shape index (κ2) is 13.4. The molecular weight excluding hydrogens is 519 g/mol. The molecule has 1 aliphatic rings. The highest BCUT2D eigenvalue weighted by Gasteiger charge is 2.38. The Labute approximate surface area is 223 Å². The molecule has 2 N–H and O–H groups in total. The Morgan fingerprint density at radius 1 is 1.03 bits per heavy atom. The second-order valence-electron chi connectivity index (χ2n) is 8.77. The lowest BCUT2D eigenvalue weighted by molar-refractivity contribution is -0.192. The van der Waals surface area contributed by atoms with E-state index in [9.17, 15) is 18.0 Å². The minimum absolute atomic E-state index is 0.0717. The van der Waals surface area contributed by atoms with E-state index in [0.29, 0.717) is 4.88 Å². The molecule has 2 aromatic carbocycles. The highest BCUT2D eigenvalue weighted by molar-refractivity contribution is 7.12. The summed E-state index contributed by atoms with van der Waals surface area (Å²) in [5, 5.41) is 12.0. The Hall–Kier alpha value is -3.41. The number of alkyl halides is 3. The summed E-state index contributed by atoms with van der Waals surface area (Å²) >= 11 is 1.44. The Kier molecular flexibility index (Phi) is 10.3. The Morgan fingerprint density at radius 3 is 2.32 bits per heavy atom. The zero-order valence-corrected chi connectivity index (χ0v) is 21.9. The zero-order valence-electron chi connectivity index (χ0n) is 21.1. The standard InChI is InChI=1S/C25H29N3O2S.C2HF3O2/c1-27-12-4-13-28(15-14-27)18-21-17-20(8-11-23(21)30-2)19-6-9-22(10-7-19)26-25(29)24-5-3-16-31-24;3-2(4,5)1(6)7/h3,5-11,16-17H,4,12-15,18H2,1-2H3,(H,26,29);(H,6,7). The molecular formula is C27H30F3N3O4S. The molecule has 0 bridgehead atoms. The van der Waals surface area contributed by atoms with Gasteiger partial charge in [-0.05, 0) is 73.4 Å². The topological polar surface area (TPSA) is 82.1 Å². The van der Waals surface area contributed by atoms with Crippen LogP contribution in [0.3, 0.4) is 0 Å². The van der Waals surface area contributed by atoms with Crippen LogP contribution in [-0.4, -0.2) is 73.3 Å². The van der Waals surface area contributed by atoms with Gasteiger partial charge in [0, 0.05) is 30.9 Å². The maximum Gasteiger partial charge on any atom is 0.490 e. The van der Waals surface area contributed by atoms with E-state index < -0.39 is 12.1 Å². The Balaban J connectivity index is 0.000000505. The van der Waals surface area contributed by atoms with Crippen molar-refractivity contribution in [1.82, 2.24) is 9.80 Å². The van der Waals surface area contributed by atoms with Crippen molar-refractivity contribution in [1.29, 1.82) is 0 Å². The smallest absolute Gasteiger partial charge is 0.490 e. The van der Waals surface area contributed by atoms with Gasteiger partial charge in [-0.1, -0.05) is 24.3 Å². The molecule has 0 radical (unpaired) electrons. The van der Waals surface area contributed by atoms with Crippen LogP contribution in [0.2, 0.25) is 0 Å². The van der Waals surface area contributed by atoms with Crippen molar-refractivity contribution in [3.63, 3.8) is 0 Å². The van der Waals surface area contributed by atoms with Crippen molar-refractivity contribution >= 4 is 28.9 Å². The number of aliphatic carboxylic acids is 1.